The third kappa shape index (κ3) is 2.69. The molecule has 2 rings (SSSR count). The maximum absolute atomic E-state index is 12.5. The highest BCUT2D eigenvalue weighted by atomic mass is 127. The van der Waals surface area contributed by atoms with Crippen molar-refractivity contribution in [2.24, 2.45) is 0 Å². The van der Waals surface area contributed by atoms with Gasteiger partial charge in [0.2, 0.25) is 0 Å². The first-order chi connectivity index (χ1) is 8.41. The summed E-state index contributed by atoms with van der Waals surface area (Å²) in [5, 5.41) is 10.2. The van der Waals surface area contributed by atoms with Gasteiger partial charge in [0.15, 0.2) is 0 Å². The summed E-state index contributed by atoms with van der Waals surface area (Å²) in [6.45, 7) is 4.29. The number of amides is 1. The standard InChI is InChI=1S/C14H18INO2/c1-14(2,18)12-8-5-9-16(12)13(17)10-6-3-4-7-11(10)15/h3-4,6-7,12,18H,5,8-9H2,1-2H3. The van der Waals surface area contributed by atoms with Gasteiger partial charge in [-0.2, -0.15) is 0 Å². The number of carbonyl (C=O) groups excluding carboxylic acids is 1. The molecule has 0 aliphatic carbocycles. The summed E-state index contributed by atoms with van der Waals surface area (Å²) in [6, 6.07) is 7.51. The SMILES string of the molecule is CC(C)(O)C1CCCN1C(=O)c1ccccc1I. The lowest BCUT2D eigenvalue weighted by atomic mass is 9.96. The van der Waals surface area contributed by atoms with E-state index in [4.69, 9.17) is 0 Å². The fourth-order valence-corrected chi connectivity index (χ4v) is 3.15. The quantitative estimate of drug-likeness (QED) is 0.825. The van der Waals surface area contributed by atoms with Gasteiger partial charge in [0.25, 0.3) is 5.91 Å². The molecule has 0 spiro atoms. The van der Waals surface area contributed by atoms with Crippen molar-refractivity contribution < 1.29 is 9.90 Å². The van der Waals surface area contributed by atoms with Crippen LogP contribution in [0.25, 0.3) is 0 Å². The normalized spacial score (nSPS) is 20.2. The van der Waals surface area contributed by atoms with Crippen LogP contribution in [0.15, 0.2) is 24.3 Å². The molecule has 0 radical (unpaired) electrons. The van der Waals surface area contributed by atoms with Gasteiger partial charge in [0.05, 0.1) is 17.2 Å². The average molecular weight is 359 g/mol. The lowest BCUT2D eigenvalue weighted by Gasteiger charge is -2.34. The Hall–Kier alpha value is -0.620. The van der Waals surface area contributed by atoms with Crippen LogP contribution >= 0.6 is 22.6 Å². The number of hydrogen-bond acceptors (Lipinski definition) is 2. The Bertz CT molecular complexity index is 453. The lowest BCUT2D eigenvalue weighted by molar-refractivity contribution is 0.000295. The smallest absolute Gasteiger partial charge is 0.255 e. The Labute approximate surface area is 121 Å². The molecule has 1 atom stereocenters. The molecular formula is C14H18INO2. The average Bonchev–Trinajstić information content (AvgIpc) is 2.77. The largest absolute Gasteiger partial charge is 0.388 e. The predicted molar refractivity (Wildman–Crippen MR) is 79.5 cm³/mol. The molecule has 1 amide bonds. The van der Waals surface area contributed by atoms with Gasteiger partial charge in [0, 0.05) is 10.1 Å². The number of likely N-dealkylation sites (tertiary alicyclic amines) is 1. The first-order valence-corrected chi connectivity index (χ1v) is 7.27. The molecule has 1 saturated heterocycles. The maximum Gasteiger partial charge on any atom is 0.255 e. The summed E-state index contributed by atoms with van der Waals surface area (Å²) < 4.78 is 0.960. The second-order valence-corrected chi connectivity index (χ2v) is 6.45. The van der Waals surface area contributed by atoms with Crippen LogP contribution in [0.5, 0.6) is 0 Å². The zero-order valence-corrected chi connectivity index (χ0v) is 12.8. The van der Waals surface area contributed by atoms with Crippen LogP contribution in [0.3, 0.4) is 0 Å². The maximum atomic E-state index is 12.5. The molecular weight excluding hydrogens is 341 g/mol. The van der Waals surface area contributed by atoms with Crippen molar-refractivity contribution in [3.8, 4) is 0 Å². The van der Waals surface area contributed by atoms with Gasteiger partial charge in [-0.15, -0.1) is 0 Å². The first-order valence-electron chi connectivity index (χ1n) is 6.19. The summed E-state index contributed by atoms with van der Waals surface area (Å²) in [5.74, 6) is 0.0321. The Balaban J connectivity index is 2.27. The minimum absolute atomic E-state index is 0.0321. The summed E-state index contributed by atoms with van der Waals surface area (Å²) in [5.41, 5.74) is -0.110. The monoisotopic (exact) mass is 359 g/mol. The van der Waals surface area contributed by atoms with Crippen LogP contribution in [-0.4, -0.2) is 34.1 Å². The zero-order chi connectivity index (χ0) is 13.3. The number of carbonyl (C=O) groups is 1. The van der Waals surface area contributed by atoms with Crippen molar-refractivity contribution in [1.82, 2.24) is 4.90 Å². The van der Waals surface area contributed by atoms with Crippen LogP contribution in [0.4, 0.5) is 0 Å². The van der Waals surface area contributed by atoms with Crippen LogP contribution in [0, 0.1) is 3.57 Å². The third-order valence-electron chi connectivity index (χ3n) is 3.43. The molecule has 0 saturated carbocycles. The van der Waals surface area contributed by atoms with E-state index in [1.807, 2.05) is 29.2 Å². The third-order valence-corrected chi connectivity index (χ3v) is 4.37. The van der Waals surface area contributed by atoms with E-state index in [0.717, 1.165) is 28.5 Å². The summed E-state index contributed by atoms with van der Waals surface area (Å²) in [6.07, 6.45) is 1.84. The van der Waals surface area contributed by atoms with Gasteiger partial charge in [-0.25, -0.2) is 0 Å². The van der Waals surface area contributed by atoms with E-state index in [0.29, 0.717) is 0 Å². The topological polar surface area (TPSA) is 40.5 Å². The van der Waals surface area contributed by atoms with Crippen LogP contribution < -0.4 is 0 Å². The van der Waals surface area contributed by atoms with Gasteiger partial charge in [0.1, 0.15) is 0 Å². The van der Waals surface area contributed by atoms with Crippen molar-refractivity contribution in [3.63, 3.8) is 0 Å². The fraction of sp³-hybridized carbons (Fsp3) is 0.500. The number of aliphatic hydroxyl groups is 1. The molecule has 1 aliphatic rings. The van der Waals surface area contributed by atoms with E-state index in [-0.39, 0.29) is 11.9 Å². The van der Waals surface area contributed by atoms with Gasteiger partial charge >= 0.3 is 0 Å². The van der Waals surface area contributed by atoms with Gasteiger partial charge in [-0.3, -0.25) is 4.79 Å². The van der Waals surface area contributed by atoms with E-state index in [9.17, 15) is 9.90 Å². The summed E-state index contributed by atoms with van der Waals surface area (Å²) >= 11 is 2.18. The number of halogens is 1. The molecule has 0 aromatic heterocycles. The van der Waals surface area contributed by atoms with E-state index in [1.165, 1.54) is 0 Å². The first kappa shape index (κ1) is 13.8. The van der Waals surface area contributed by atoms with E-state index in [2.05, 4.69) is 22.6 Å². The molecule has 18 heavy (non-hydrogen) atoms. The Morgan fingerprint density at radius 2 is 2.11 bits per heavy atom. The van der Waals surface area contributed by atoms with Crippen molar-refractivity contribution in [3.05, 3.63) is 33.4 Å². The minimum atomic E-state index is -0.841. The van der Waals surface area contributed by atoms with Crippen LogP contribution in [0.1, 0.15) is 37.0 Å². The second kappa shape index (κ2) is 5.17. The molecule has 98 valence electrons. The van der Waals surface area contributed by atoms with Gasteiger partial charge < -0.3 is 10.0 Å². The number of nitrogens with zero attached hydrogens (tertiary/aromatic N) is 1. The van der Waals surface area contributed by atoms with E-state index >= 15 is 0 Å². The molecule has 1 aromatic rings. The molecule has 1 unspecified atom stereocenters. The predicted octanol–water partition coefficient (Wildman–Crippen LogP) is 2.67. The molecule has 3 nitrogen and oxygen atoms in total. The molecule has 1 aromatic carbocycles. The summed E-state index contributed by atoms with van der Waals surface area (Å²) in [7, 11) is 0. The van der Waals surface area contributed by atoms with Gasteiger partial charge in [-0.05, 0) is 61.4 Å². The fourth-order valence-electron chi connectivity index (χ4n) is 2.53. The highest BCUT2D eigenvalue weighted by Gasteiger charge is 2.38. The van der Waals surface area contributed by atoms with Gasteiger partial charge in [-0.1, -0.05) is 12.1 Å². The number of rotatable bonds is 2. The number of benzene rings is 1. The van der Waals surface area contributed by atoms with E-state index in [1.54, 1.807) is 13.8 Å². The highest BCUT2D eigenvalue weighted by molar-refractivity contribution is 14.1. The molecule has 1 N–H and O–H groups in total. The molecule has 1 heterocycles. The molecule has 1 fully saturated rings. The minimum Gasteiger partial charge on any atom is -0.388 e. The Kier molecular flexibility index (Phi) is 3.96. The molecule has 0 bridgehead atoms. The van der Waals surface area contributed by atoms with Crippen molar-refractivity contribution in [2.75, 3.05) is 6.54 Å². The highest BCUT2D eigenvalue weighted by Crippen LogP contribution is 2.29. The van der Waals surface area contributed by atoms with Crippen molar-refractivity contribution in [1.29, 1.82) is 0 Å². The molecule has 1 aliphatic heterocycles. The second-order valence-electron chi connectivity index (χ2n) is 5.29. The Morgan fingerprint density at radius 1 is 1.44 bits per heavy atom. The molecule has 4 heteroatoms. The zero-order valence-electron chi connectivity index (χ0n) is 10.7. The number of hydrogen-bond donors (Lipinski definition) is 1. The van der Waals surface area contributed by atoms with Crippen molar-refractivity contribution in [2.45, 2.75) is 38.3 Å². The lowest BCUT2D eigenvalue weighted by Crippen LogP contribution is -2.48. The van der Waals surface area contributed by atoms with Crippen LogP contribution in [-0.2, 0) is 0 Å². The van der Waals surface area contributed by atoms with Crippen molar-refractivity contribution >= 4 is 28.5 Å². The Morgan fingerprint density at radius 3 is 2.72 bits per heavy atom. The summed E-state index contributed by atoms with van der Waals surface area (Å²) in [4.78, 5) is 14.4. The van der Waals surface area contributed by atoms with Crippen LogP contribution in [0.2, 0.25) is 0 Å². The van der Waals surface area contributed by atoms with E-state index < -0.39 is 5.60 Å².